The van der Waals surface area contributed by atoms with Crippen molar-refractivity contribution < 1.29 is 19.2 Å². The number of para-hydroxylation sites is 1. The van der Waals surface area contributed by atoms with Gasteiger partial charge in [0.1, 0.15) is 5.75 Å². The van der Waals surface area contributed by atoms with Crippen molar-refractivity contribution in [3.05, 3.63) is 70.3 Å². The van der Waals surface area contributed by atoms with Crippen LogP contribution in [0.4, 0.5) is 5.69 Å². The SMILES string of the molecule is O=C(COc1ccccc1)NCC(=O)N/N=C\c1cccc([N+](=O)[O-])c1. The molecule has 0 saturated carbocycles. The fourth-order valence-corrected chi connectivity index (χ4v) is 1.83. The molecule has 2 amide bonds. The Kier molecular flexibility index (Phi) is 6.81. The van der Waals surface area contributed by atoms with E-state index in [0.29, 0.717) is 11.3 Å². The summed E-state index contributed by atoms with van der Waals surface area (Å²) in [7, 11) is 0. The smallest absolute Gasteiger partial charge is 0.270 e. The van der Waals surface area contributed by atoms with Gasteiger partial charge in [-0.05, 0) is 12.1 Å². The highest BCUT2D eigenvalue weighted by Crippen LogP contribution is 2.11. The zero-order chi connectivity index (χ0) is 18.8. The molecular weight excluding hydrogens is 340 g/mol. The van der Waals surface area contributed by atoms with E-state index in [2.05, 4.69) is 15.8 Å². The Morgan fingerprint density at radius 2 is 1.88 bits per heavy atom. The van der Waals surface area contributed by atoms with Crippen molar-refractivity contribution in [2.24, 2.45) is 5.10 Å². The molecule has 9 heteroatoms. The normalized spacial score (nSPS) is 10.3. The molecule has 0 saturated heterocycles. The van der Waals surface area contributed by atoms with Gasteiger partial charge in [0.2, 0.25) is 0 Å². The number of nitrogens with zero attached hydrogens (tertiary/aromatic N) is 2. The van der Waals surface area contributed by atoms with Crippen LogP contribution in [0.5, 0.6) is 5.75 Å². The van der Waals surface area contributed by atoms with Crippen LogP contribution in [0.1, 0.15) is 5.56 Å². The van der Waals surface area contributed by atoms with Gasteiger partial charge in [0.15, 0.2) is 6.61 Å². The van der Waals surface area contributed by atoms with Crippen molar-refractivity contribution in [1.29, 1.82) is 0 Å². The summed E-state index contributed by atoms with van der Waals surface area (Å²) >= 11 is 0. The lowest BCUT2D eigenvalue weighted by Crippen LogP contribution is -2.37. The molecule has 0 aliphatic heterocycles. The van der Waals surface area contributed by atoms with Gasteiger partial charge in [0, 0.05) is 17.7 Å². The minimum Gasteiger partial charge on any atom is -0.484 e. The summed E-state index contributed by atoms with van der Waals surface area (Å²) in [5.74, 6) is -0.444. The Hall–Kier alpha value is -3.75. The van der Waals surface area contributed by atoms with Crippen molar-refractivity contribution >= 4 is 23.7 Å². The van der Waals surface area contributed by atoms with E-state index in [1.54, 1.807) is 30.3 Å². The number of amides is 2. The highest BCUT2D eigenvalue weighted by atomic mass is 16.6. The average Bonchev–Trinajstić information content (AvgIpc) is 2.66. The second-order valence-corrected chi connectivity index (χ2v) is 5.02. The Bertz CT molecular complexity index is 808. The number of hydrazone groups is 1. The summed E-state index contributed by atoms with van der Waals surface area (Å²) in [6, 6.07) is 14.6. The van der Waals surface area contributed by atoms with Crippen molar-refractivity contribution in [3.63, 3.8) is 0 Å². The lowest BCUT2D eigenvalue weighted by atomic mass is 10.2. The molecule has 0 bridgehead atoms. The van der Waals surface area contributed by atoms with E-state index in [9.17, 15) is 19.7 Å². The van der Waals surface area contributed by atoms with Gasteiger partial charge >= 0.3 is 0 Å². The van der Waals surface area contributed by atoms with Gasteiger partial charge in [-0.25, -0.2) is 5.43 Å². The molecule has 2 rings (SSSR count). The molecule has 0 aliphatic carbocycles. The fraction of sp³-hybridized carbons (Fsp3) is 0.118. The minimum absolute atomic E-state index is 0.0778. The number of nitrogens with one attached hydrogen (secondary N) is 2. The van der Waals surface area contributed by atoms with Crippen LogP contribution in [-0.4, -0.2) is 36.1 Å². The summed E-state index contributed by atoms with van der Waals surface area (Å²) < 4.78 is 5.24. The molecule has 0 unspecified atom stereocenters. The first-order chi connectivity index (χ1) is 12.5. The van der Waals surface area contributed by atoms with Crippen LogP contribution in [-0.2, 0) is 9.59 Å². The van der Waals surface area contributed by atoms with Crippen molar-refractivity contribution in [1.82, 2.24) is 10.7 Å². The summed E-state index contributed by atoms with van der Waals surface area (Å²) in [4.78, 5) is 33.3. The van der Waals surface area contributed by atoms with E-state index >= 15 is 0 Å². The zero-order valence-electron chi connectivity index (χ0n) is 13.6. The average molecular weight is 356 g/mol. The number of ether oxygens (including phenoxy) is 1. The molecule has 2 N–H and O–H groups in total. The second kappa shape index (κ2) is 9.52. The first kappa shape index (κ1) is 18.6. The number of nitro benzene ring substituents is 1. The molecule has 0 fully saturated rings. The Labute approximate surface area is 148 Å². The van der Waals surface area contributed by atoms with E-state index in [0.717, 1.165) is 0 Å². The van der Waals surface area contributed by atoms with Crippen molar-refractivity contribution in [3.8, 4) is 5.75 Å². The zero-order valence-corrected chi connectivity index (χ0v) is 13.6. The summed E-state index contributed by atoms with van der Waals surface area (Å²) in [6.45, 7) is -0.489. The minimum atomic E-state index is -0.542. The predicted octanol–water partition coefficient (Wildman–Crippen LogP) is 1.24. The van der Waals surface area contributed by atoms with E-state index in [1.807, 2.05) is 6.07 Å². The maximum atomic E-state index is 11.6. The van der Waals surface area contributed by atoms with Crippen LogP contribution < -0.4 is 15.5 Å². The van der Waals surface area contributed by atoms with Crippen LogP contribution in [0.2, 0.25) is 0 Å². The quantitative estimate of drug-likeness (QED) is 0.418. The summed E-state index contributed by atoms with van der Waals surface area (Å²) in [5.41, 5.74) is 2.59. The molecule has 9 nitrogen and oxygen atoms in total. The standard InChI is InChI=1S/C17H16N4O5/c22-16(11-18-17(23)12-26-15-7-2-1-3-8-15)20-19-10-13-5-4-6-14(9-13)21(24)25/h1-10H,11-12H2,(H,18,23)(H,20,22)/b19-10-. The topological polar surface area (TPSA) is 123 Å². The number of hydrogen-bond acceptors (Lipinski definition) is 6. The molecule has 26 heavy (non-hydrogen) atoms. The summed E-state index contributed by atoms with van der Waals surface area (Å²) in [6.07, 6.45) is 1.27. The van der Waals surface area contributed by atoms with E-state index in [1.165, 1.54) is 24.4 Å². The molecule has 0 aliphatic rings. The third kappa shape index (κ3) is 6.40. The Balaban J connectivity index is 1.70. The molecule has 0 aromatic heterocycles. The molecule has 2 aromatic carbocycles. The van der Waals surface area contributed by atoms with Crippen LogP contribution in [0, 0.1) is 10.1 Å². The highest BCUT2D eigenvalue weighted by Gasteiger charge is 2.06. The van der Waals surface area contributed by atoms with Crippen LogP contribution in [0.3, 0.4) is 0 Å². The van der Waals surface area contributed by atoms with Gasteiger partial charge in [-0.3, -0.25) is 19.7 Å². The van der Waals surface area contributed by atoms with Crippen LogP contribution in [0.15, 0.2) is 59.7 Å². The third-order valence-electron chi connectivity index (χ3n) is 3.04. The van der Waals surface area contributed by atoms with Gasteiger partial charge < -0.3 is 10.1 Å². The lowest BCUT2D eigenvalue weighted by molar-refractivity contribution is -0.384. The number of non-ortho nitro benzene ring substituents is 1. The monoisotopic (exact) mass is 356 g/mol. The predicted molar refractivity (Wildman–Crippen MR) is 93.8 cm³/mol. The molecule has 0 atom stereocenters. The first-order valence-electron chi connectivity index (χ1n) is 7.55. The molecule has 134 valence electrons. The lowest BCUT2D eigenvalue weighted by Gasteiger charge is -2.06. The van der Waals surface area contributed by atoms with Gasteiger partial charge in [-0.2, -0.15) is 5.10 Å². The number of nitro groups is 1. The molecule has 0 radical (unpaired) electrons. The maximum Gasteiger partial charge on any atom is 0.270 e. The van der Waals surface area contributed by atoms with Crippen LogP contribution >= 0.6 is 0 Å². The van der Waals surface area contributed by atoms with Gasteiger partial charge in [-0.15, -0.1) is 0 Å². The number of rotatable bonds is 8. The molecule has 0 spiro atoms. The Morgan fingerprint density at radius 3 is 2.62 bits per heavy atom. The Morgan fingerprint density at radius 1 is 1.12 bits per heavy atom. The third-order valence-corrected chi connectivity index (χ3v) is 3.04. The molecule has 0 heterocycles. The maximum absolute atomic E-state index is 11.6. The van der Waals surface area contributed by atoms with Crippen LogP contribution in [0.25, 0.3) is 0 Å². The molecular formula is C17H16N4O5. The summed E-state index contributed by atoms with van der Waals surface area (Å²) in [5, 5.41) is 16.7. The highest BCUT2D eigenvalue weighted by molar-refractivity contribution is 5.86. The van der Waals surface area contributed by atoms with E-state index in [4.69, 9.17) is 4.74 Å². The number of carbonyl (C=O) groups is 2. The van der Waals surface area contributed by atoms with Gasteiger partial charge in [0.25, 0.3) is 17.5 Å². The van der Waals surface area contributed by atoms with Gasteiger partial charge in [0.05, 0.1) is 17.7 Å². The van der Waals surface area contributed by atoms with E-state index in [-0.39, 0.29) is 18.8 Å². The van der Waals surface area contributed by atoms with Crippen molar-refractivity contribution in [2.45, 2.75) is 0 Å². The van der Waals surface area contributed by atoms with E-state index < -0.39 is 16.7 Å². The van der Waals surface area contributed by atoms with Crippen molar-refractivity contribution in [2.75, 3.05) is 13.2 Å². The largest absolute Gasteiger partial charge is 0.484 e. The number of benzene rings is 2. The van der Waals surface area contributed by atoms with Gasteiger partial charge in [-0.1, -0.05) is 30.3 Å². The number of hydrogen-bond donors (Lipinski definition) is 2. The molecule has 2 aromatic rings. The first-order valence-corrected chi connectivity index (χ1v) is 7.55. The number of carbonyl (C=O) groups excluding carboxylic acids is 2. The second-order valence-electron chi connectivity index (χ2n) is 5.02. The fourth-order valence-electron chi connectivity index (χ4n) is 1.83.